The van der Waals surface area contributed by atoms with Gasteiger partial charge < -0.3 is 19.5 Å². The highest BCUT2D eigenvalue weighted by Gasteiger charge is 2.27. The Morgan fingerprint density at radius 2 is 2.13 bits per heavy atom. The predicted molar refractivity (Wildman–Crippen MR) is 120 cm³/mol. The van der Waals surface area contributed by atoms with Gasteiger partial charge in [0.1, 0.15) is 5.60 Å². The Labute approximate surface area is 182 Å². The molecule has 0 spiro atoms. The van der Waals surface area contributed by atoms with E-state index in [9.17, 15) is 14.9 Å². The maximum atomic E-state index is 12.2. The Morgan fingerprint density at radius 3 is 2.77 bits per heavy atom. The average molecular weight is 430 g/mol. The van der Waals surface area contributed by atoms with Gasteiger partial charge in [-0.3, -0.25) is 10.1 Å². The number of piperidine rings is 1. The zero-order valence-electron chi connectivity index (χ0n) is 18.8. The summed E-state index contributed by atoms with van der Waals surface area (Å²) in [5.41, 5.74) is 2.09. The quantitative estimate of drug-likeness (QED) is 0.429. The van der Waals surface area contributed by atoms with Crippen LogP contribution in [-0.2, 0) is 11.3 Å². The van der Waals surface area contributed by atoms with E-state index in [1.807, 2.05) is 34.6 Å². The van der Waals surface area contributed by atoms with Crippen molar-refractivity contribution >= 4 is 28.8 Å². The fourth-order valence-corrected chi connectivity index (χ4v) is 3.67. The number of carbonyl (C=O) groups excluding carboxylic acids is 1. The van der Waals surface area contributed by atoms with Gasteiger partial charge in [-0.15, -0.1) is 0 Å². The van der Waals surface area contributed by atoms with E-state index >= 15 is 0 Å². The molecule has 3 rings (SSSR count). The first kappa shape index (κ1) is 22.6. The first-order chi connectivity index (χ1) is 14.5. The molecule has 1 aromatic heterocycles. The second-order valence-electron chi connectivity index (χ2n) is 9.17. The normalized spacial score (nSPS) is 16.8. The number of nitrogens with one attached hydrogen (secondary N) is 1. The first-order valence-electron chi connectivity index (χ1n) is 10.6. The molecule has 0 saturated carbocycles. The number of nitrogens with zero attached hydrogens (tertiary/aromatic N) is 4. The molecule has 2 aromatic rings. The maximum Gasteiger partial charge on any atom is 0.407 e. The monoisotopic (exact) mass is 429 g/mol. The number of carbonyl (C=O) groups is 1. The van der Waals surface area contributed by atoms with Crippen LogP contribution in [0.5, 0.6) is 0 Å². The number of allylic oxidation sites excluding steroid dienone is 2. The van der Waals surface area contributed by atoms with Gasteiger partial charge in [-0.25, -0.2) is 9.78 Å². The van der Waals surface area contributed by atoms with Crippen LogP contribution >= 0.6 is 0 Å². The van der Waals surface area contributed by atoms with Crippen LogP contribution in [0.2, 0.25) is 0 Å². The van der Waals surface area contributed by atoms with Crippen molar-refractivity contribution in [1.82, 2.24) is 14.9 Å². The minimum atomic E-state index is -0.550. The largest absolute Gasteiger partial charge is 0.444 e. The minimum absolute atomic E-state index is 0.0222. The van der Waals surface area contributed by atoms with E-state index in [2.05, 4.69) is 20.9 Å². The number of non-ortho nitro benzene ring substituents is 1. The molecule has 0 radical (unpaired) electrons. The Balaban J connectivity index is 1.88. The molecule has 1 unspecified atom stereocenters. The average Bonchev–Trinajstić information content (AvgIpc) is 3.02. The van der Waals surface area contributed by atoms with Crippen LogP contribution in [0.15, 0.2) is 29.8 Å². The molecular formula is C22H31N5O4. The summed E-state index contributed by atoms with van der Waals surface area (Å²) in [4.78, 5) is 29.9. The number of hydrogen-bond acceptors (Lipinski definition) is 6. The Kier molecular flexibility index (Phi) is 6.52. The number of rotatable bonds is 5. The van der Waals surface area contributed by atoms with Gasteiger partial charge in [0, 0.05) is 37.8 Å². The predicted octanol–water partition coefficient (Wildman–Crippen LogP) is 4.40. The minimum Gasteiger partial charge on any atom is -0.444 e. The maximum absolute atomic E-state index is 12.2. The summed E-state index contributed by atoms with van der Waals surface area (Å²) >= 11 is 0. The van der Waals surface area contributed by atoms with Gasteiger partial charge in [-0.05, 0) is 53.5 Å². The molecule has 1 fully saturated rings. The number of benzene rings is 1. The molecule has 1 aliphatic heterocycles. The molecule has 1 atom stereocenters. The van der Waals surface area contributed by atoms with Gasteiger partial charge in [-0.2, -0.15) is 0 Å². The van der Waals surface area contributed by atoms with Crippen molar-refractivity contribution in [3.8, 4) is 0 Å². The topological polar surface area (TPSA) is 103 Å². The van der Waals surface area contributed by atoms with Crippen molar-refractivity contribution in [1.29, 1.82) is 0 Å². The molecule has 1 N–H and O–H groups in total. The zero-order valence-corrected chi connectivity index (χ0v) is 18.8. The summed E-state index contributed by atoms with van der Waals surface area (Å²) < 4.78 is 7.46. The fraction of sp³-hybridized carbons (Fsp3) is 0.545. The van der Waals surface area contributed by atoms with Gasteiger partial charge in [0.15, 0.2) is 0 Å². The number of fused-ring (bicyclic) bond motifs is 1. The van der Waals surface area contributed by atoms with Crippen molar-refractivity contribution in [2.45, 2.75) is 65.6 Å². The van der Waals surface area contributed by atoms with Crippen LogP contribution in [0.25, 0.3) is 11.0 Å². The molecule has 1 amide bonds. The lowest BCUT2D eigenvalue weighted by molar-refractivity contribution is -0.384. The van der Waals surface area contributed by atoms with Gasteiger partial charge >= 0.3 is 6.09 Å². The van der Waals surface area contributed by atoms with E-state index in [1.54, 1.807) is 6.07 Å². The molecule has 0 bridgehead atoms. The third kappa shape index (κ3) is 5.74. The molecule has 9 heteroatoms. The highest BCUT2D eigenvalue weighted by molar-refractivity contribution is 5.81. The number of nitro groups is 1. The van der Waals surface area contributed by atoms with Crippen LogP contribution in [0.3, 0.4) is 0 Å². The van der Waals surface area contributed by atoms with Crippen molar-refractivity contribution < 1.29 is 14.5 Å². The Bertz CT molecular complexity index is 1000. The lowest BCUT2D eigenvalue weighted by Gasteiger charge is -2.34. The summed E-state index contributed by atoms with van der Waals surface area (Å²) in [6, 6.07) is 4.71. The van der Waals surface area contributed by atoms with E-state index in [1.165, 1.54) is 17.7 Å². The van der Waals surface area contributed by atoms with Gasteiger partial charge in [0.05, 0.1) is 16.0 Å². The molecule has 2 heterocycles. The molecule has 1 saturated heterocycles. The second-order valence-corrected chi connectivity index (χ2v) is 9.17. The fourth-order valence-electron chi connectivity index (χ4n) is 3.67. The number of hydrogen-bond donors (Lipinski definition) is 1. The number of nitro benzene ring substituents is 1. The smallest absolute Gasteiger partial charge is 0.407 e. The van der Waals surface area contributed by atoms with E-state index < -0.39 is 16.6 Å². The molecule has 1 aromatic carbocycles. The van der Waals surface area contributed by atoms with Crippen molar-refractivity contribution in [2.75, 3.05) is 18.0 Å². The van der Waals surface area contributed by atoms with Crippen molar-refractivity contribution in [3.05, 3.63) is 40.0 Å². The standard InChI is InChI=1S/C22H31N5O4/c1-15(2)10-12-26-19-9-8-17(27(29)30)13-18(19)24-20(26)25-11-6-7-16(14-25)23-21(28)31-22(3,4)5/h8-10,13,16H,6-7,11-12,14H2,1-5H3,(H,23,28). The number of anilines is 1. The molecular weight excluding hydrogens is 398 g/mol. The summed E-state index contributed by atoms with van der Waals surface area (Å²) in [6.45, 7) is 11.6. The number of imidazole rings is 1. The lowest BCUT2D eigenvalue weighted by Crippen LogP contribution is -2.49. The van der Waals surface area contributed by atoms with Gasteiger partial charge in [0.25, 0.3) is 5.69 Å². The molecule has 9 nitrogen and oxygen atoms in total. The van der Waals surface area contributed by atoms with Crippen LogP contribution in [0.4, 0.5) is 16.4 Å². The molecule has 1 aliphatic rings. The number of ether oxygens (including phenoxy) is 1. The zero-order chi connectivity index (χ0) is 22.8. The van der Waals surface area contributed by atoms with Crippen LogP contribution in [0.1, 0.15) is 47.5 Å². The van der Waals surface area contributed by atoms with E-state index in [4.69, 9.17) is 9.72 Å². The van der Waals surface area contributed by atoms with Crippen LogP contribution < -0.4 is 10.2 Å². The van der Waals surface area contributed by atoms with E-state index in [0.29, 0.717) is 18.6 Å². The first-order valence-corrected chi connectivity index (χ1v) is 10.6. The van der Waals surface area contributed by atoms with E-state index in [0.717, 1.165) is 30.9 Å². The molecule has 0 aliphatic carbocycles. The third-order valence-corrected chi connectivity index (χ3v) is 5.03. The van der Waals surface area contributed by atoms with Crippen molar-refractivity contribution in [3.63, 3.8) is 0 Å². The SMILES string of the molecule is CC(C)=CCn1c(N2CCCC(NC(=O)OC(C)(C)C)C2)nc2cc([N+](=O)[O-])ccc21. The van der Waals surface area contributed by atoms with Gasteiger partial charge in [0.2, 0.25) is 5.95 Å². The highest BCUT2D eigenvalue weighted by atomic mass is 16.6. The molecule has 168 valence electrons. The second kappa shape index (κ2) is 8.95. The Morgan fingerprint density at radius 1 is 1.39 bits per heavy atom. The Hall–Kier alpha value is -3.10. The van der Waals surface area contributed by atoms with Crippen LogP contribution in [0, 0.1) is 10.1 Å². The van der Waals surface area contributed by atoms with Crippen molar-refractivity contribution in [2.24, 2.45) is 0 Å². The van der Waals surface area contributed by atoms with E-state index in [-0.39, 0.29) is 11.7 Å². The highest BCUT2D eigenvalue weighted by Crippen LogP contribution is 2.28. The summed E-state index contributed by atoms with van der Waals surface area (Å²) in [5, 5.41) is 14.2. The number of alkyl carbamates (subject to hydrolysis) is 1. The van der Waals surface area contributed by atoms with Gasteiger partial charge in [-0.1, -0.05) is 11.6 Å². The summed E-state index contributed by atoms with van der Waals surface area (Å²) in [7, 11) is 0. The summed E-state index contributed by atoms with van der Waals surface area (Å²) in [5.74, 6) is 0.753. The number of amides is 1. The summed E-state index contributed by atoms with van der Waals surface area (Å²) in [6.07, 6.45) is 3.43. The van der Waals surface area contributed by atoms with Crippen LogP contribution in [-0.4, -0.2) is 45.3 Å². The molecule has 31 heavy (non-hydrogen) atoms. The number of aromatic nitrogens is 2. The third-order valence-electron chi connectivity index (χ3n) is 5.03. The lowest BCUT2D eigenvalue weighted by atomic mass is 10.1.